The van der Waals surface area contributed by atoms with Gasteiger partial charge in [-0.1, -0.05) is 35.4 Å². The molecule has 1 aromatic carbocycles. The average Bonchev–Trinajstić information content (AvgIpc) is 2.08. The van der Waals surface area contributed by atoms with E-state index in [1.54, 1.807) is 0 Å². The highest BCUT2D eigenvalue weighted by atomic mass is 35.5. The monoisotopic (exact) mass is 194 g/mol. The first-order chi connectivity index (χ1) is 6.18. The quantitative estimate of drug-likeness (QED) is 0.632. The Morgan fingerprint density at radius 1 is 1.23 bits per heavy atom. The molecule has 0 saturated carbocycles. The third-order valence-corrected chi connectivity index (χ3v) is 2.15. The van der Waals surface area contributed by atoms with Gasteiger partial charge in [-0.25, -0.2) is 0 Å². The molecule has 0 atom stereocenters. The summed E-state index contributed by atoms with van der Waals surface area (Å²) >= 11 is 5.78. The molecule has 1 heteroatoms. The van der Waals surface area contributed by atoms with E-state index in [1.165, 1.54) is 11.1 Å². The molecule has 0 fully saturated rings. The van der Waals surface area contributed by atoms with E-state index >= 15 is 0 Å². The van der Waals surface area contributed by atoms with Gasteiger partial charge in [-0.3, -0.25) is 0 Å². The number of hydrogen-bond acceptors (Lipinski definition) is 0. The van der Waals surface area contributed by atoms with E-state index in [0.717, 1.165) is 17.9 Å². The molecule has 0 unspecified atom stereocenters. The molecule has 1 aromatic rings. The van der Waals surface area contributed by atoms with Crippen LogP contribution in [0.5, 0.6) is 0 Å². The van der Waals surface area contributed by atoms with E-state index in [2.05, 4.69) is 32.1 Å². The first-order valence-electron chi connectivity index (χ1n) is 4.56. The van der Waals surface area contributed by atoms with Crippen molar-refractivity contribution in [3.8, 4) is 0 Å². The predicted octanol–water partition coefficient (Wildman–Crippen LogP) is 4.24. The van der Waals surface area contributed by atoms with Gasteiger partial charge < -0.3 is 0 Å². The Balaban J connectivity index is 2.46. The van der Waals surface area contributed by atoms with Gasteiger partial charge in [-0.2, -0.15) is 0 Å². The number of rotatable bonds is 3. The van der Waals surface area contributed by atoms with Crippen molar-refractivity contribution >= 4 is 11.6 Å². The minimum Gasteiger partial charge on any atom is -0.0856 e. The Hall–Kier alpha value is -0.750. The molecule has 0 aliphatic heterocycles. The van der Waals surface area contributed by atoms with E-state index in [4.69, 9.17) is 11.6 Å². The van der Waals surface area contributed by atoms with Gasteiger partial charge in [-0.05, 0) is 44.4 Å². The summed E-state index contributed by atoms with van der Waals surface area (Å²) in [4.78, 5) is 0. The first-order valence-corrected chi connectivity index (χ1v) is 4.94. The minimum absolute atomic E-state index is 0.811. The van der Waals surface area contributed by atoms with Gasteiger partial charge in [0.25, 0.3) is 0 Å². The molecule has 0 saturated heterocycles. The Kier molecular flexibility index (Phi) is 4.04. The average molecular weight is 195 g/mol. The zero-order valence-electron chi connectivity index (χ0n) is 8.18. The van der Waals surface area contributed by atoms with Crippen LogP contribution in [-0.2, 0) is 6.42 Å². The standard InChI is InChI=1S/C12H15Cl/c1-10(2)4-3-5-11-6-8-12(13)9-7-11/h4,6-9H,3,5H2,1-2H3. The highest BCUT2D eigenvalue weighted by Gasteiger charge is 1.91. The van der Waals surface area contributed by atoms with Crippen molar-refractivity contribution in [2.45, 2.75) is 26.7 Å². The third-order valence-electron chi connectivity index (χ3n) is 1.90. The molecule has 13 heavy (non-hydrogen) atoms. The SMILES string of the molecule is CC(C)=CCCc1ccc(Cl)cc1. The molecule has 0 radical (unpaired) electrons. The van der Waals surface area contributed by atoms with Gasteiger partial charge in [0.15, 0.2) is 0 Å². The lowest BCUT2D eigenvalue weighted by atomic mass is 10.1. The molecule has 0 amide bonds. The van der Waals surface area contributed by atoms with Crippen LogP contribution >= 0.6 is 11.6 Å². The minimum atomic E-state index is 0.811. The van der Waals surface area contributed by atoms with Gasteiger partial charge in [0.2, 0.25) is 0 Å². The second-order valence-electron chi connectivity index (χ2n) is 3.45. The van der Waals surface area contributed by atoms with Crippen molar-refractivity contribution in [1.82, 2.24) is 0 Å². The van der Waals surface area contributed by atoms with E-state index in [9.17, 15) is 0 Å². The molecule has 0 nitrogen and oxygen atoms in total. The molecule has 1 rings (SSSR count). The zero-order valence-corrected chi connectivity index (χ0v) is 8.93. The van der Waals surface area contributed by atoms with Crippen LogP contribution in [0.1, 0.15) is 25.8 Å². The fourth-order valence-corrected chi connectivity index (χ4v) is 1.30. The van der Waals surface area contributed by atoms with Gasteiger partial charge >= 0.3 is 0 Å². The summed E-state index contributed by atoms with van der Waals surface area (Å²) in [6.45, 7) is 4.25. The van der Waals surface area contributed by atoms with E-state index in [-0.39, 0.29) is 0 Å². The van der Waals surface area contributed by atoms with Crippen LogP contribution in [0.15, 0.2) is 35.9 Å². The van der Waals surface area contributed by atoms with Crippen LogP contribution in [0.3, 0.4) is 0 Å². The Morgan fingerprint density at radius 3 is 2.38 bits per heavy atom. The fourth-order valence-electron chi connectivity index (χ4n) is 1.18. The van der Waals surface area contributed by atoms with Crippen LogP contribution in [0, 0.1) is 0 Å². The number of aryl methyl sites for hydroxylation is 1. The van der Waals surface area contributed by atoms with E-state index < -0.39 is 0 Å². The lowest BCUT2D eigenvalue weighted by Crippen LogP contribution is -1.82. The van der Waals surface area contributed by atoms with Crippen molar-refractivity contribution < 1.29 is 0 Å². The summed E-state index contributed by atoms with van der Waals surface area (Å²) in [7, 11) is 0. The molecular formula is C12H15Cl. The van der Waals surface area contributed by atoms with Crippen LogP contribution in [0.25, 0.3) is 0 Å². The van der Waals surface area contributed by atoms with Crippen LogP contribution in [0.4, 0.5) is 0 Å². The van der Waals surface area contributed by atoms with Crippen molar-refractivity contribution in [1.29, 1.82) is 0 Å². The molecular weight excluding hydrogens is 180 g/mol. The van der Waals surface area contributed by atoms with Crippen LogP contribution in [-0.4, -0.2) is 0 Å². The van der Waals surface area contributed by atoms with Gasteiger partial charge in [0, 0.05) is 5.02 Å². The summed E-state index contributed by atoms with van der Waals surface area (Å²) < 4.78 is 0. The van der Waals surface area contributed by atoms with Crippen molar-refractivity contribution in [3.05, 3.63) is 46.5 Å². The first kappa shape index (κ1) is 10.3. The molecule has 0 N–H and O–H groups in total. The lowest BCUT2D eigenvalue weighted by Gasteiger charge is -1.98. The number of halogens is 1. The molecule has 0 heterocycles. The predicted molar refractivity (Wildman–Crippen MR) is 59.2 cm³/mol. The van der Waals surface area contributed by atoms with E-state index in [0.29, 0.717) is 0 Å². The van der Waals surface area contributed by atoms with Crippen LogP contribution in [0.2, 0.25) is 5.02 Å². The molecule has 0 bridgehead atoms. The molecule has 70 valence electrons. The lowest BCUT2D eigenvalue weighted by molar-refractivity contribution is 0.989. The summed E-state index contributed by atoms with van der Waals surface area (Å²) in [5.41, 5.74) is 2.73. The van der Waals surface area contributed by atoms with Crippen molar-refractivity contribution in [3.63, 3.8) is 0 Å². The normalized spacial score (nSPS) is 9.77. The highest BCUT2D eigenvalue weighted by molar-refractivity contribution is 6.30. The smallest absolute Gasteiger partial charge is 0.0406 e. The number of hydrogen-bond donors (Lipinski definition) is 0. The van der Waals surface area contributed by atoms with Crippen molar-refractivity contribution in [2.24, 2.45) is 0 Å². The molecule has 0 spiro atoms. The fraction of sp³-hybridized carbons (Fsp3) is 0.333. The molecule has 0 aromatic heterocycles. The van der Waals surface area contributed by atoms with Gasteiger partial charge in [-0.15, -0.1) is 0 Å². The summed E-state index contributed by atoms with van der Waals surface area (Å²) in [6, 6.07) is 8.06. The molecule has 0 aliphatic carbocycles. The van der Waals surface area contributed by atoms with Gasteiger partial charge in [0.1, 0.15) is 0 Å². The largest absolute Gasteiger partial charge is 0.0856 e. The Morgan fingerprint density at radius 2 is 1.85 bits per heavy atom. The van der Waals surface area contributed by atoms with Crippen LogP contribution < -0.4 is 0 Å². The maximum absolute atomic E-state index is 5.78. The Labute approximate surface area is 85.2 Å². The third kappa shape index (κ3) is 4.14. The zero-order chi connectivity index (χ0) is 9.68. The van der Waals surface area contributed by atoms with Gasteiger partial charge in [0.05, 0.1) is 0 Å². The number of benzene rings is 1. The van der Waals surface area contributed by atoms with Crippen molar-refractivity contribution in [2.75, 3.05) is 0 Å². The Bertz CT molecular complexity index is 278. The maximum atomic E-state index is 5.78. The van der Waals surface area contributed by atoms with E-state index in [1.807, 2.05) is 12.1 Å². The summed E-state index contributed by atoms with van der Waals surface area (Å²) in [5.74, 6) is 0. The summed E-state index contributed by atoms with van der Waals surface area (Å²) in [5, 5.41) is 0.811. The second-order valence-corrected chi connectivity index (χ2v) is 3.88. The molecule has 0 aliphatic rings. The second kappa shape index (κ2) is 5.08. The topological polar surface area (TPSA) is 0 Å². The summed E-state index contributed by atoms with van der Waals surface area (Å²) in [6.07, 6.45) is 4.47. The maximum Gasteiger partial charge on any atom is 0.0406 e. The number of allylic oxidation sites excluding steroid dienone is 2. The highest BCUT2D eigenvalue weighted by Crippen LogP contribution is 2.11.